The molecule has 0 atom stereocenters. The van der Waals surface area contributed by atoms with Gasteiger partial charge in [-0.15, -0.1) is 0 Å². The van der Waals surface area contributed by atoms with E-state index in [4.69, 9.17) is 21.6 Å². The first-order valence-electron chi connectivity index (χ1n) is 6.21. The Morgan fingerprint density at radius 3 is 2.60 bits per heavy atom. The zero-order valence-corrected chi connectivity index (χ0v) is 12.6. The molecule has 1 aliphatic heterocycles. The summed E-state index contributed by atoms with van der Waals surface area (Å²) in [5, 5.41) is 9.18. The van der Waals surface area contributed by atoms with Crippen molar-refractivity contribution >= 4 is 21.6 Å². The van der Waals surface area contributed by atoms with Crippen LogP contribution in [0.5, 0.6) is 0 Å². The van der Waals surface area contributed by atoms with Gasteiger partial charge in [0.25, 0.3) is 0 Å². The van der Waals surface area contributed by atoms with Gasteiger partial charge in [-0.3, -0.25) is 0 Å². The molecule has 0 bridgehead atoms. The standard InChI is InChI=1S/C13H15ClN2O3S/c1-19-11-4-6-16(7-5-11)20(17,18)12-2-3-13(14)10(8-12)9-15/h2-3,8,11H,4-7H2,1H3. The van der Waals surface area contributed by atoms with E-state index in [1.807, 2.05) is 6.07 Å². The van der Waals surface area contributed by atoms with E-state index in [1.54, 1.807) is 7.11 Å². The van der Waals surface area contributed by atoms with E-state index in [9.17, 15) is 8.42 Å². The lowest BCUT2D eigenvalue weighted by molar-refractivity contribution is 0.0604. The van der Waals surface area contributed by atoms with Crippen LogP contribution in [0.15, 0.2) is 23.1 Å². The fourth-order valence-corrected chi connectivity index (χ4v) is 3.86. The molecule has 0 radical (unpaired) electrons. The van der Waals surface area contributed by atoms with Gasteiger partial charge in [-0.2, -0.15) is 9.57 Å². The van der Waals surface area contributed by atoms with Gasteiger partial charge in [-0.1, -0.05) is 11.6 Å². The monoisotopic (exact) mass is 314 g/mol. The number of methoxy groups -OCH3 is 1. The number of sulfonamides is 1. The Bertz CT molecular complexity index is 632. The molecule has 0 aliphatic carbocycles. The van der Waals surface area contributed by atoms with Crippen molar-refractivity contribution in [1.29, 1.82) is 5.26 Å². The molecule has 0 N–H and O–H groups in total. The number of halogens is 1. The average molecular weight is 315 g/mol. The topological polar surface area (TPSA) is 70.4 Å². The maximum absolute atomic E-state index is 12.5. The summed E-state index contributed by atoms with van der Waals surface area (Å²) < 4.78 is 31.6. The normalized spacial score (nSPS) is 17.9. The van der Waals surface area contributed by atoms with Crippen LogP contribution >= 0.6 is 11.6 Å². The minimum Gasteiger partial charge on any atom is -0.381 e. The van der Waals surface area contributed by atoms with Gasteiger partial charge < -0.3 is 4.74 Å². The molecule has 1 aromatic rings. The highest BCUT2D eigenvalue weighted by atomic mass is 35.5. The third-order valence-corrected chi connectivity index (χ3v) is 5.65. The molecule has 108 valence electrons. The van der Waals surface area contributed by atoms with Crippen LogP contribution < -0.4 is 0 Å². The lowest BCUT2D eigenvalue weighted by Gasteiger charge is -2.30. The van der Waals surface area contributed by atoms with E-state index in [0.29, 0.717) is 25.9 Å². The number of ether oxygens (including phenoxy) is 1. The molecule has 0 aromatic heterocycles. The van der Waals surface area contributed by atoms with Crippen LogP contribution in [0, 0.1) is 11.3 Å². The SMILES string of the molecule is COC1CCN(S(=O)(=O)c2ccc(Cl)c(C#N)c2)CC1. The number of nitriles is 1. The molecule has 0 amide bonds. The Morgan fingerprint density at radius 2 is 2.05 bits per heavy atom. The molecule has 1 fully saturated rings. The van der Waals surface area contributed by atoms with Crippen LogP contribution in [-0.4, -0.2) is 39.0 Å². The van der Waals surface area contributed by atoms with Crippen molar-refractivity contribution in [2.24, 2.45) is 0 Å². The predicted molar refractivity (Wildman–Crippen MR) is 75.0 cm³/mol. The Labute approximate surface area is 123 Å². The van der Waals surface area contributed by atoms with Crippen LogP contribution in [0.1, 0.15) is 18.4 Å². The summed E-state index contributed by atoms with van der Waals surface area (Å²) in [5.74, 6) is 0. The lowest BCUT2D eigenvalue weighted by atomic mass is 10.1. The van der Waals surface area contributed by atoms with Crippen molar-refractivity contribution in [3.8, 4) is 6.07 Å². The number of hydrogen-bond donors (Lipinski definition) is 0. The summed E-state index contributed by atoms with van der Waals surface area (Å²) in [4.78, 5) is 0.106. The zero-order valence-electron chi connectivity index (χ0n) is 11.0. The second-order valence-corrected chi connectivity index (χ2v) is 6.94. The maximum atomic E-state index is 12.5. The number of benzene rings is 1. The molecular weight excluding hydrogens is 300 g/mol. The Kier molecular flexibility index (Phi) is 4.66. The molecule has 1 aliphatic rings. The third kappa shape index (κ3) is 2.96. The molecule has 0 unspecified atom stereocenters. The third-order valence-electron chi connectivity index (χ3n) is 3.43. The first-order chi connectivity index (χ1) is 9.48. The average Bonchev–Trinajstić information content (AvgIpc) is 2.47. The van der Waals surface area contributed by atoms with Crippen molar-refractivity contribution in [3.63, 3.8) is 0 Å². The summed E-state index contributed by atoms with van der Waals surface area (Å²) >= 11 is 5.82. The number of rotatable bonds is 3. The van der Waals surface area contributed by atoms with Crippen LogP contribution in [-0.2, 0) is 14.8 Å². The van der Waals surface area contributed by atoms with E-state index in [-0.39, 0.29) is 21.6 Å². The first-order valence-corrected chi connectivity index (χ1v) is 8.03. The molecule has 20 heavy (non-hydrogen) atoms. The number of hydrogen-bond acceptors (Lipinski definition) is 4. The molecule has 1 aromatic carbocycles. The highest BCUT2D eigenvalue weighted by molar-refractivity contribution is 7.89. The van der Waals surface area contributed by atoms with Crippen molar-refractivity contribution in [2.45, 2.75) is 23.8 Å². The second kappa shape index (κ2) is 6.10. The second-order valence-electron chi connectivity index (χ2n) is 4.59. The molecule has 0 spiro atoms. The largest absolute Gasteiger partial charge is 0.381 e. The summed E-state index contributed by atoms with van der Waals surface area (Å²) in [6.07, 6.45) is 1.46. The Hall–Kier alpha value is -1.13. The number of nitrogens with zero attached hydrogens (tertiary/aromatic N) is 2. The Morgan fingerprint density at radius 1 is 1.40 bits per heavy atom. The van der Waals surface area contributed by atoms with Crippen LogP contribution in [0.25, 0.3) is 0 Å². The van der Waals surface area contributed by atoms with E-state index >= 15 is 0 Å². The van der Waals surface area contributed by atoms with Crippen LogP contribution in [0.4, 0.5) is 0 Å². The van der Waals surface area contributed by atoms with Crippen molar-refractivity contribution in [1.82, 2.24) is 4.31 Å². The molecule has 1 saturated heterocycles. The van der Waals surface area contributed by atoms with Gasteiger partial charge in [-0.05, 0) is 31.0 Å². The fraction of sp³-hybridized carbons (Fsp3) is 0.462. The van der Waals surface area contributed by atoms with Crippen molar-refractivity contribution < 1.29 is 13.2 Å². The van der Waals surface area contributed by atoms with Gasteiger partial charge in [0.05, 0.1) is 21.6 Å². The molecule has 1 heterocycles. The van der Waals surface area contributed by atoms with Gasteiger partial charge in [0, 0.05) is 20.2 Å². The summed E-state index contributed by atoms with van der Waals surface area (Å²) in [7, 11) is -1.94. The van der Waals surface area contributed by atoms with Gasteiger partial charge in [0.2, 0.25) is 10.0 Å². The van der Waals surface area contributed by atoms with Gasteiger partial charge >= 0.3 is 0 Å². The summed E-state index contributed by atoms with van der Waals surface area (Å²) in [6.45, 7) is 0.844. The maximum Gasteiger partial charge on any atom is 0.243 e. The van der Waals surface area contributed by atoms with Gasteiger partial charge in [0.15, 0.2) is 0 Å². The minimum atomic E-state index is -3.58. The van der Waals surface area contributed by atoms with Crippen LogP contribution in [0.3, 0.4) is 0 Å². The Balaban J connectivity index is 2.25. The number of piperidine rings is 1. The molecule has 5 nitrogen and oxygen atoms in total. The summed E-state index contributed by atoms with van der Waals surface area (Å²) in [6, 6.07) is 6.08. The lowest BCUT2D eigenvalue weighted by Crippen LogP contribution is -2.40. The van der Waals surface area contributed by atoms with E-state index in [0.717, 1.165) is 0 Å². The quantitative estimate of drug-likeness (QED) is 0.855. The van der Waals surface area contributed by atoms with Gasteiger partial charge in [0.1, 0.15) is 6.07 Å². The van der Waals surface area contributed by atoms with E-state index < -0.39 is 10.0 Å². The smallest absolute Gasteiger partial charge is 0.243 e. The first kappa shape index (κ1) is 15.3. The van der Waals surface area contributed by atoms with E-state index in [1.165, 1.54) is 22.5 Å². The minimum absolute atomic E-state index is 0.106. The molecule has 7 heteroatoms. The van der Waals surface area contributed by atoms with Crippen molar-refractivity contribution in [3.05, 3.63) is 28.8 Å². The molecule has 0 saturated carbocycles. The van der Waals surface area contributed by atoms with Gasteiger partial charge in [-0.25, -0.2) is 8.42 Å². The zero-order chi connectivity index (χ0) is 14.8. The van der Waals surface area contributed by atoms with E-state index in [2.05, 4.69) is 0 Å². The fourth-order valence-electron chi connectivity index (χ4n) is 2.21. The highest BCUT2D eigenvalue weighted by Crippen LogP contribution is 2.25. The molecule has 2 rings (SSSR count). The van der Waals surface area contributed by atoms with Crippen LogP contribution in [0.2, 0.25) is 5.02 Å². The highest BCUT2D eigenvalue weighted by Gasteiger charge is 2.29. The summed E-state index contributed by atoms with van der Waals surface area (Å²) in [5.41, 5.74) is 0.166. The predicted octanol–water partition coefficient (Wildman–Crippen LogP) is 2.01. The molecular formula is C13H15ClN2O3S. The van der Waals surface area contributed by atoms with Crippen molar-refractivity contribution in [2.75, 3.05) is 20.2 Å².